The van der Waals surface area contributed by atoms with Crippen LogP contribution in [0.5, 0.6) is 46.0 Å². The van der Waals surface area contributed by atoms with Crippen LogP contribution in [0, 0.1) is 0 Å². The van der Waals surface area contributed by atoms with E-state index in [1.165, 1.54) is 11.1 Å². The number of carbonyl (C=O) groups is 7. The van der Waals surface area contributed by atoms with Crippen LogP contribution in [0.25, 0.3) is 0 Å². The molecule has 556 valence electrons. The Balaban J connectivity index is 0.000000683. The standard InChI is InChI=1S/C22H26O6.2C20H22O6.C17H19NO.4CH4/c1-25-17-9-13-19(14-10-17)27-21(23)7-5-3-4-6-8-22(24)28-20-15-11-18(26-2)12-16-20;1-23-15-7-11-17(12-8-15)25-19(21)5-3-4-6-20(22)26-18-13-9-16(24-2)10-14-18;21-17(19(23)25-13-11-15-7-3-1-4-8-15)18(22)20(24)26-14-12-16-9-5-2-6-10-16;19-17(12-11-15-7-3-1-4-8-15)18-14-13-16-9-5-2-6-10-16;;;;/h9-16H,3-8H2,1-2H3;7-14H,3-6H2,1-2H3;1-10,17-18,21-22H,11-14H2;1-10H,11-14H2,(H,18,19);4*1H4/t;;17-,18-;;;;;/m..1...../s1. The van der Waals surface area contributed by atoms with Gasteiger partial charge in [-0.3, -0.25) is 24.0 Å². The first-order valence-corrected chi connectivity index (χ1v) is 32.6. The van der Waals surface area contributed by atoms with Crippen molar-refractivity contribution in [2.75, 3.05) is 48.2 Å². The van der Waals surface area contributed by atoms with E-state index in [1.54, 1.807) is 126 Å². The van der Waals surface area contributed by atoms with Gasteiger partial charge in [-0.2, -0.15) is 0 Å². The predicted molar refractivity (Wildman–Crippen MR) is 400 cm³/mol. The van der Waals surface area contributed by atoms with Crippen molar-refractivity contribution in [3.8, 4) is 46.0 Å². The molecule has 0 saturated heterocycles. The van der Waals surface area contributed by atoms with Crippen molar-refractivity contribution in [3.05, 3.63) is 241 Å². The number of unbranched alkanes of at least 4 members (excludes halogenated alkanes) is 4. The smallest absolute Gasteiger partial charge is 0.338 e. The van der Waals surface area contributed by atoms with E-state index in [4.69, 9.17) is 47.4 Å². The van der Waals surface area contributed by atoms with E-state index in [2.05, 4.69) is 29.6 Å². The Kier molecular flexibility index (Phi) is 47.3. The number of rotatable bonds is 35. The first kappa shape index (κ1) is 90.2. The first-order chi connectivity index (χ1) is 48.1. The molecule has 20 heteroatoms. The maximum Gasteiger partial charge on any atom is 0.338 e. The lowest BCUT2D eigenvalue weighted by Crippen LogP contribution is -2.42. The molecule has 0 heterocycles. The highest BCUT2D eigenvalue weighted by atomic mass is 16.6. The van der Waals surface area contributed by atoms with Crippen LogP contribution in [0.3, 0.4) is 0 Å². The molecule has 1 amide bonds. The molecular formula is C83H105NO19. The molecule has 103 heavy (non-hydrogen) atoms. The van der Waals surface area contributed by atoms with Crippen LogP contribution in [0.2, 0.25) is 0 Å². The molecule has 0 saturated carbocycles. The van der Waals surface area contributed by atoms with Gasteiger partial charge < -0.3 is 62.9 Å². The van der Waals surface area contributed by atoms with Gasteiger partial charge in [0, 0.05) is 51.5 Å². The predicted octanol–water partition coefficient (Wildman–Crippen LogP) is 15.1. The van der Waals surface area contributed by atoms with Crippen LogP contribution in [-0.2, 0) is 68.7 Å². The second-order valence-corrected chi connectivity index (χ2v) is 22.0. The van der Waals surface area contributed by atoms with Crippen molar-refractivity contribution in [2.24, 2.45) is 0 Å². The molecule has 3 N–H and O–H groups in total. The van der Waals surface area contributed by atoms with Crippen LogP contribution in [0.15, 0.2) is 218 Å². The second-order valence-electron chi connectivity index (χ2n) is 22.0. The number of methoxy groups -OCH3 is 4. The summed E-state index contributed by atoms with van der Waals surface area (Å²) in [6.45, 7) is 0.781. The number of hydrogen-bond acceptors (Lipinski definition) is 19. The van der Waals surface area contributed by atoms with E-state index in [0.717, 1.165) is 49.7 Å². The zero-order valence-electron chi connectivity index (χ0n) is 56.5. The summed E-state index contributed by atoms with van der Waals surface area (Å²) < 4.78 is 50.9. The highest BCUT2D eigenvalue weighted by Crippen LogP contribution is 2.22. The minimum absolute atomic E-state index is 0. The summed E-state index contributed by atoms with van der Waals surface area (Å²) in [6.07, 6.45) is 4.66. The molecule has 0 bridgehead atoms. The highest BCUT2D eigenvalue weighted by Gasteiger charge is 2.33. The molecule has 0 aliphatic rings. The number of aliphatic hydroxyl groups is 2. The number of carbonyl (C=O) groups excluding carboxylic acids is 7. The number of benzene rings is 8. The third-order valence-electron chi connectivity index (χ3n) is 14.5. The average Bonchev–Trinajstić information content (AvgIpc) is 0.935. The fourth-order valence-electron chi connectivity index (χ4n) is 8.97. The van der Waals surface area contributed by atoms with E-state index in [9.17, 15) is 43.8 Å². The number of hydrogen-bond donors (Lipinski definition) is 3. The molecule has 0 fully saturated rings. The summed E-state index contributed by atoms with van der Waals surface area (Å²) in [5, 5.41) is 22.5. The number of esters is 6. The number of nitrogens with one attached hydrogen (secondary N) is 1. The molecule has 0 aliphatic heterocycles. The van der Waals surface area contributed by atoms with Gasteiger partial charge in [0.1, 0.15) is 46.0 Å². The van der Waals surface area contributed by atoms with Gasteiger partial charge in [0.25, 0.3) is 0 Å². The fourth-order valence-corrected chi connectivity index (χ4v) is 8.97. The second kappa shape index (κ2) is 54.0. The molecular weight excluding hydrogens is 1310 g/mol. The lowest BCUT2D eigenvalue weighted by Gasteiger charge is -2.16. The van der Waals surface area contributed by atoms with Gasteiger partial charge in [-0.05, 0) is 158 Å². The molecule has 8 rings (SSSR count). The van der Waals surface area contributed by atoms with Gasteiger partial charge >= 0.3 is 35.8 Å². The average molecular weight is 1420 g/mol. The molecule has 0 aliphatic carbocycles. The quantitative estimate of drug-likeness (QED) is 0.0189. The monoisotopic (exact) mass is 1420 g/mol. The van der Waals surface area contributed by atoms with Gasteiger partial charge in [-0.25, -0.2) is 9.59 Å². The van der Waals surface area contributed by atoms with Crippen LogP contribution in [0.4, 0.5) is 0 Å². The molecule has 2 atom stereocenters. The minimum Gasteiger partial charge on any atom is -0.497 e. The summed E-state index contributed by atoms with van der Waals surface area (Å²) in [5.41, 5.74) is 4.40. The molecule has 8 aromatic carbocycles. The number of aryl methyl sites for hydroxylation is 1. The van der Waals surface area contributed by atoms with Crippen LogP contribution < -0.4 is 43.2 Å². The zero-order valence-corrected chi connectivity index (χ0v) is 56.5. The summed E-state index contributed by atoms with van der Waals surface area (Å²) in [7, 11) is 6.31. The number of ether oxygens (including phenoxy) is 10. The van der Waals surface area contributed by atoms with Gasteiger partial charge in [-0.15, -0.1) is 0 Å². The van der Waals surface area contributed by atoms with Crippen molar-refractivity contribution >= 4 is 41.7 Å². The third-order valence-corrected chi connectivity index (χ3v) is 14.5. The summed E-state index contributed by atoms with van der Waals surface area (Å²) in [6, 6.07) is 66.3. The van der Waals surface area contributed by atoms with Crippen LogP contribution >= 0.6 is 0 Å². The Hall–Kier alpha value is -10.8. The Bertz CT molecular complexity index is 3390. The SMILES string of the molecule is C.C.C.C.COc1ccc(OC(=O)CCCCC(=O)Oc2ccc(OC)cc2)cc1.COc1ccc(OC(=O)CCCCCCC(=O)Oc2ccc(OC)cc2)cc1.O=C(CCc1ccccc1)NCCc1ccccc1.O=C(OCCc1ccccc1)[C@H](O)[C@@H](O)C(=O)OCCc1ccccc1. The molecule has 0 aromatic heterocycles. The fraction of sp³-hybridized carbons (Fsp3) is 0.337. The highest BCUT2D eigenvalue weighted by molar-refractivity contribution is 5.85. The third kappa shape index (κ3) is 39.1. The topological polar surface area (TPSA) is 264 Å². The van der Waals surface area contributed by atoms with E-state index < -0.39 is 24.1 Å². The van der Waals surface area contributed by atoms with E-state index in [0.29, 0.717) is 97.5 Å². The van der Waals surface area contributed by atoms with Crippen molar-refractivity contribution < 1.29 is 91.1 Å². The largest absolute Gasteiger partial charge is 0.497 e. The summed E-state index contributed by atoms with van der Waals surface area (Å²) in [4.78, 5) is 82.4. The number of amides is 1. The lowest BCUT2D eigenvalue weighted by molar-refractivity contribution is -0.173. The molecule has 0 radical (unpaired) electrons. The maximum absolute atomic E-state index is 11.8. The van der Waals surface area contributed by atoms with Gasteiger partial charge in [0.2, 0.25) is 5.91 Å². The van der Waals surface area contributed by atoms with Gasteiger partial charge in [-0.1, -0.05) is 164 Å². The zero-order chi connectivity index (χ0) is 71.1. The van der Waals surface area contributed by atoms with Crippen molar-refractivity contribution in [1.29, 1.82) is 0 Å². The van der Waals surface area contributed by atoms with Crippen LogP contribution in [-0.4, -0.2) is 112 Å². The normalized spacial score (nSPS) is 10.4. The molecule has 0 spiro atoms. The van der Waals surface area contributed by atoms with Gasteiger partial charge in [0.05, 0.1) is 41.7 Å². The van der Waals surface area contributed by atoms with Crippen molar-refractivity contribution in [1.82, 2.24) is 5.32 Å². The van der Waals surface area contributed by atoms with Crippen molar-refractivity contribution in [3.63, 3.8) is 0 Å². The Morgan fingerprint density at radius 2 is 0.534 bits per heavy atom. The minimum atomic E-state index is -1.98. The molecule has 0 unspecified atom stereocenters. The van der Waals surface area contributed by atoms with Crippen LogP contribution in [0.1, 0.15) is 123 Å². The van der Waals surface area contributed by atoms with Gasteiger partial charge in [0.15, 0.2) is 12.2 Å². The van der Waals surface area contributed by atoms with E-state index in [1.807, 2.05) is 97.1 Å². The van der Waals surface area contributed by atoms with Crippen molar-refractivity contribution in [2.45, 2.75) is 138 Å². The molecule has 8 aromatic rings. The Morgan fingerprint density at radius 3 is 0.796 bits per heavy atom. The first-order valence-electron chi connectivity index (χ1n) is 32.6. The van der Waals surface area contributed by atoms with E-state index >= 15 is 0 Å². The lowest BCUT2D eigenvalue weighted by atomic mass is 10.1. The maximum atomic E-state index is 11.8. The Labute approximate surface area is 608 Å². The summed E-state index contributed by atoms with van der Waals surface area (Å²) >= 11 is 0. The van der Waals surface area contributed by atoms with E-state index in [-0.39, 0.29) is 85.5 Å². The number of aliphatic hydroxyl groups excluding tert-OH is 2. The Morgan fingerprint density at radius 1 is 0.301 bits per heavy atom. The molecule has 20 nitrogen and oxygen atoms in total. The summed E-state index contributed by atoms with van der Waals surface area (Å²) in [5.74, 6) is 1.58.